The monoisotopic (exact) mass is 397 g/mol. The lowest BCUT2D eigenvalue weighted by atomic mass is 10.1. The molecule has 1 amide bonds. The van der Waals surface area contributed by atoms with Crippen LogP contribution in [0, 0.1) is 13.8 Å². The van der Waals surface area contributed by atoms with E-state index in [-0.39, 0.29) is 6.61 Å². The number of ether oxygens (including phenoxy) is 3. The lowest BCUT2D eigenvalue weighted by Gasteiger charge is -2.16. The summed E-state index contributed by atoms with van der Waals surface area (Å²) in [5, 5.41) is 2.77. The van der Waals surface area contributed by atoms with Crippen LogP contribution in [-0.2, 0) is 14.3 Å². The summed E-state index contributed by atoms with van der Waals surface area (Å²) in [4.78, 5) is 24.4. The van der Waals surface area contributed by atoms with Crippen molar-refractivity contribution in [1.82, 2.24) is 0 Å². The number of anilines is 1. The molecule has 1 atom stereocenters. The first-order valence-electron chi connectivity index (χ1n) is 9.35. The van der Waals surface area contributed by atoms with Crippen LogP contribution in [0.4, 0.5) is 5.69 Å². The normalized spacial score (nSPS) is 11.8. The minimum absolute atomic E-state index is 0.333. The standard InChI is InChI=1S/C23H27NO5/c1-6-7-18-9-11-20(21(13-18)27-5)28-14-22(25)29-17(4)23(26)24-19-10-8-15(2)12-16(19)3/h6-13,17H,14H2,1-5H3,(H,24,26)/b7-6+/t17-/m0/s1. The SMILES string of the molecule is C/C=C/c1ccc(OCC(=O)O[C@@H](C)C(=O)Nc2ccc(C)cc2C)c(OC)c1. The van der Waals surface area contributed by atoms with Crippen molar-refractivity contribution in [2.75, 3.05) is 19.0 Å². The molecule has 0 radical (unpaired) electrons. The minimum Gasteiger partial charge on any atom is -0.493 e. The first kappa shape index (κ1) is 22.0. The lowest BCUT2D eigenvalue weighted by Crippen LogP contribution is -2.31. The molecule has 2 aromatic carbocycles. The van der Waals surface area contributed by atoms with Crippen LogP contribution >= 0.6 is 0 Å². The topological polar surface area (TPSA) is 73.9 Å². The van der Waals surface area contributed by atoms with Crippen LogP contribution in [0.5, 0.6) is 11.5 Å². The van der Waals surface area contributed by atoms with Crippen molar-refractivity contribution in [3.8, 4) is 11.5 Å². The molecule has 0 aliphatic carbocycles. The predicted octanol–water partition coefficient (Wildman–Crippen LogP) is 4.29. The van der Waals surface area contributed by atoms with E-state index in [1.807, 2.05) is 57.2 Å². The van der Waals surface area contributed by atoms with Gasteiger partial charge in [0.25, 0.3) is 5.91 Å². The molecule has 0 aliphatic rings. The third-order valence-electron chi connectivity index (χ3n) is 4.21. The first-order chi connectivity index (χ1) is 13.8. The molecule has 0 unspecified atom stereocenters. The summed E-state index contributed by atoms with van der Waals surface area (Å²) in [6, 6.07) is 11.1. The van der Waals surface area contributed by atoms with E-state index in [1.165, 1.54) is 14.0 Å². The third-order valence-corrected chi connectivity index (χ3v) is 4.21. The number of hydrogen-bond donors (Lipinski definition) is 1. The zero-order chi connectivity index (χ0) is 21.4. The molecule has 6 heteroatoms. The summed E-state index contributed by atoms with van der Waals surface area (Å²) in [6.07, 6.45) is 2.89. The van der Waals surface area contributed by atoms with Gasteiger partial charge >= 0.3 is 5.97 Å². The molecule has 6 nitrogen and oxygen atoms in total. The van der Waals surface area contributed by atoms with Gasteiger partial charge in [-0.05, 0) is 57.0 Å². The van der Waals surface area contributed by atoms with E-state index >= 15 is 0 Å². The molecule has 2 aromatic rings. The number of methoxy groups -OCH3 is 1. The fourth-order valence-corrected chi connectivity index (χ4v) is 2.71. The van der Waals surface area contributed by atoms with Gasteiger partial charge in [0.2, 0.25) is 0 Å². The second kappa shape index (κ2) is 10.3. The maximum atomic E-state index is 12.3. The molecule has 0 saturated heterocycles. The summed E-state index contributed by atoms with van der Waals surface area (Å²) < 4.78 is 16.0. The number of hydrogen-bond acceptors (Lipinski definition) is 5. The molecular weight excluding hydrogens is 370 g/mol. The lowest BCUT2D eigenvalue weighted by molar-refractivity contribution is -0.155. The van der Waals surface area contributed by atoms with Gasteiger partial charge in [-0.2, -0.15) is 0 Å². The van der Waals surface area contributed by atoms with Gasteiger partial charge in [0, 0.05) is 5.69 Å². The number of carbonyl (C=O) groups is 2. The minimum atomic E-state index is -0.953. The number of amides is 1. The van der Waals surface area contributed by atoms with E-state index in [2.05, 4.69) is 5.32 Å². The van der Waals surface area contributed by atoms with Crippen LogP contribution in [0.2, 0.25) is 0 Å². The van der Waals surface area contributed by atoms with Crippen molar-refractivity contribution in [3.05, 3.63) is 59.2 Å². The van der Waals surface area contributed by atoms with Crippen molar-refractivity contribution >= 4 is 23.6 Å². The van der Waals surface area contributed by atoms with Crippen molar-refractivity contribution in [2.45, 2.75) is 33.8 Å². The average Bonchev–Trinajstić information content (AvgIpc) is 2.69. The van der Waals surface area contributed by atoms with Gasteiger partial charge in [-0.25, -0.2) is 4.79 Å². The zero-order valence-corrected chi connectivity index (χ0v) is 17.4. The Kier molecular flexibility index (Phi) is 7.83. The summed E-state index contributed by atoms with van der Waals surface area (Å²) >= 11 is 0. The Bertz CT molecular complexity index is 904. The van der Waals surface area contributed by atoms with Gasteiger partial charge in [0.1, 0.15) is 0 Å². The Labute approximate surface area is 171 Å². The number of benzene rings is 2. The van der Waals surface area contributed by atoms with Crippen molar-refractivity contribution in [3.63, 3.8) is 0 Å². The van der Waals surface area contributed by atoms with Gasteiger partial charge in [-0.1, -0.05) is 35.9 Å². The summed E-state index contributed by atoms with van der Waals surface area (Å²) in [5.74, 6) is -0.120. The Morgan fingerprint density at radius 1 is 1.10 bits per heavy atom. The van der Waals surface area contributed by atoms with Crippen molar-refractivity contribution < 1.29 is 23.8 Å². The number of carbonyl (C=O) groups excluding carboxylic acids is 2. The molecule has 1 N–H and O–H groups in total. The van der Waals surface area contributed by atoms with Crippen LogP contribution in [0.3, 0.4) is 0 Å². The smallest absolute Gasteiger partial charge is 0.344 e. The molecular formula is C23H27NO5. The van der Waals surface area contributed by atoms with Gasteiger partial charge in [0.05, 0.1) is 7.11 Å². The van der Waals surface area contributed by atoms with Crippen LogP contribution in [0.1, 0.15) is 30.5 Å². The molecule has 0 fully saturated rings. The fraction of sp³-hybridized carbons (Fsp3) is 0.304. The van der Waals surface area contributed by atoms with Gasteiger partial charge in [0.15, 0.2) is 24.2 Å². The molecule has 0 aliphatic heterocycles. The van der Waals surface area contributed by atoms with E-state index in [4.69, 9.17) is 14.2 Å². The maximum Gasteiger partial charge on any atom is 0.344 e. The van der Waals surface area contributed by atoms with Crippen LogP contribution < -0.4 is 14.8 Å². The van der Waals surface area contributed by atoms with Crippen molar-refractivity contribution in [2.24, 2.45) is 0 Å². The maximum absolute atomic E-state index is 12.3. The highest BCUT2D eigenvalue weighted by Crippen LogP contribution is 2.28. The van der Waals surface area contributed by atoms with Crippen LogP contribution in [-0.4, -0.2) is 31.7 Å². The van der Waals surface area contributed by atoms with Gasteiger partial charge < -0.3 is 19.5 Å². The molecule has 0 heterocycles. The summed E-state index contributed by atoms with van der Waals surface area (Å²) in [5.41, 5.74) is 3.68. The van der Waals surface area contributed by atoms with Crippen LogP contribution in [0.25, 0.3) is 6.08 Å². The van der Waals surface area contributed by atoms with E-state index in [1.54, 1.807) is 12.1 Å². The van der Waals surface area contributed by atoms with E-state index in [9.17, 15) is 9.59 Å². The molecule has 2 rings (SSSR count). The Morgan fingerprint density at radius 2 is 1.86 bits per heavy atom. The molecule has 29 heavy (non-hydrogen) atoms. The molecule has 0 bridgehead atoms. The number of esters is 1. The number of allylic oxidation sites excluding steroid dienone is 1. The predicted molar refractivity (Wildman–Crippen MR) is 113 cm³/mol. The Hall–Kier alpha value is -3.28. The second-order valence-electron chi connectivity index (χ2n) is 6.64. The number of nitrogens with one attached hydrogen (secondary N) is 1. The molecule has 154 valence electrons. The number of rotatable bonds is 8. The highest BCUT2D eigenvalue weighted by molar-refractivity contribution is 5.95. The average molecular weight is 397 g/mol. The highest BCUT2D eigenvalue weighted by atomic mass is 16.6. The van der Waals surface area contributed by atoms with Gasteiger partial charge in [-0.15, -0.1) is 0 Å². The highest BCUT2D eigenvalue weighted by Gasteiger charge is 2.19. The quantitative estimate of drug-likeness (QED) is 0.673. The molecule has 0 spiro atoms. The van der Waals surface area contributed by atoms with Crippen LogP contribution in [0.15, 0.2) is 42.5 Å². The zero-order valence-electron chi connectivity index (χ0n) is 17.4. The van der Waals surface area contributed by atoms with E-state index in [0.29, 0.717) is 17.2 Å². The second-order valence-corrected chi connectivity index (χ2v) is 6.64. The Balaban J connectivity index is 1.90. The summed E-state index contributed by atoms with van der Waals surface area (Å²) in [6.45, 7) is 6.99. The molecule has 0 saturated carbocycles. The van der Waals surface area contributed by atoms with E-state index in [0.717, 1.165) is 16.7 Å². The van der Waals surface area contributed by atoms with E-state index < -0.39 is 18.0 Å². The third kappa shape index (κ3) is 6.38. The van der Waals surface area contributed by atoms with Crippen molar-refractivity contribution in [1.29, 1.82) is 0 Å². The largest absolute Gasteiger partial charge is 0.493 e. The number of aryl methyl sites for hydroxylation is 2. The fourth-order valence-electron chi connectivity index (χ4n) is 2.71. The molecule has 0 aromatic heterocycles. The van der Waals surface area contributed by atoms with Gasteiger partial charge in [-0.3, -0.25) is 4.79 Å². The first-order valence-corrected chi connectivity index (χ1v) is 9.35. The Morgan fingerprint density at radius 3 is 2.52 bits per heavy atom. The summed E-state index contributed by atoms with van der Waals surface area (Å²) in [7, 11) is 1.53.